The van der Waals surface area contributed by atoms with Gasteiger partial charge in [0, 0.05) is 25.2 Å². The van der Waals surface area contributed by atoms with Crippen molar-refractivity contribution in [2.75, 3.05) is 39.7 Å². The number of amides is 2. The lowest BCUT2D eigenvalue weighted by Crippen LogP contribution is -2.25. The molecule has 0 aliphatic rings. The fourth-order valence-corrected chi connectivity index (χ4v) is 5.07. The molecule has 1 unspecified atom stereocenters. The quantitative estimate of drug-likeness (QED) is 0.165. The summed E-state index contributed by atoms with van der Waals surface area (Å²) in [6.45, 7) is 1.48. The molecule has 256 valence electrons. The van der Waals surface area contributed by atoms with Gasteiger partial charge in [0.2, 0.25) is 0 Å². The molecule has 1 atom stereocenters. The second-order valence-electron chi connectivity index (χ2n) is 11.1. The molecule has 4 aromatic rings. The molecule has 0 saturated carbocycles. The van der Waals surface area contributed by atoms with Crippen LogP contribution >= 0.6 is 0 Å². The number of methoxy groups -OCH3 is 1. The number of benzene rings is 4. The second kappa shape index (κ2) is 16.0. The number of halogens is 3. The summed E-state index contributed by atoms with van der Waals surface area (Å²) in [5.41, 5.74) is 1.29. The Hall–Kier alpha value is -5.65. The van der Waals surface area contributed by atoms with Gasteiger partial charge in [0.25, 0.3) is 11.8 Å². The van der Waals surface area contributed by atoms with Gasteiger partial charge in [-0.1, -0.05) is 54.6 Å². The number of para-hydroxylation sites is 1. The number of esters is 2. The van der Waals surface area contributed by atoms with Gasteiger partial charge < -0.3 is 24.4 Å². The lowest BCUT2D eigenvalue weighted by Gasteiger charge is -2.19. The molecule has 9 nitrogen and oxygen atoms in total. The SMILES string of the molecule is CCOC(=O)C(COC(=O)Cc1ccc(NC(=O)c2ccccc2-c2ccc(C(F)(F)F)cc2)c(C(=O)N(C)C)c1)c1ccccc1OC. The highest BCUT2D eigenvalue weighted by Crippen LogP contribution is 2.33. The Morgan fingerprint density at radius 3 is 2.16 bits per heavy atom. The van der Waals surface area contributed by atoms with Crippen molar-refractivity contribution in [3.63, 3.8) is 0 Å². The van der Waals surface area contributed by atoms with Gasteiger partial charge in [-0.25, -0.2) is 0 Å². The largest absolute Gasteiger partial charge is 0.496 e. The molecule has 0 spiro atoms. The molecule has 0 aliphatic carbocycles. The monoisotopic (exact) mass is 676 g/mol. The van der Waals surface area contributed by atoms with E-state index in [0.29, 0.717) is 28.0 Å². The first-order valence-electron chi connectivity index (χ1n) is 15.2. The van der Waals surface area contributed by atoms with E-state index in [-0.39, 0.29) is 36.4 Å². The summed E-state index contributed by atoms with van der Waals surface area (Å²) < 4.78 is 55.4. The number of ether oxygens (including phenoxy) is 3. The van der Waals surface area contributed by atoms with Crippen LogP contribution < -0.4 is 10.1 Å². The van der Waals surface area contributed by atoms with Crippen LogP contribution in [0.2, 0.25) is 0 Å². The van der Waals surface area contributed by atoms with E-state index in [1.807, 2.05) is 0 Å². The Morgan fingerprint density at radius 1 is 0.837 bits per heavy atom. The minimum Gasteiger partial charge on any atom is -0.496 e. The molecule has 0 heterocycles. The van der Waals surface area contributed by atoms with E-state index < -0.39 is 41.4 Å². The zero-order chi connectivity index (χ0) is 35.7. The molecule has 4 rings (SSSR count). The number of carbonyl (C=O) groups excluding carboxylic acids is 4. The van der Waals surface area contributed by atoms with E-state index in [1.54, 1.807) is 55.5 Å². The smallest absolute Gasteiger partial charge is 0.416 e. The predicted octanol–water partition coefficient (Wildman–Crippen LogP) is 6.77. The van der Waals surface area contributed by atoms with Gasteiger partial charge in [-0.15, -0.1) is 0 Å². The molecule has 0 radical (unpaired) electrons. The second-order valence-corrected chi connectivity index (χ2v) is 11.1. The van der Waals surface area contributed by atoms with Crippen molar-refractivity contribution in [3.8, 4) is 16.9 Å². The van der Waals surface area contributed by atoms with Crippen LogP contribution in [0, 0.1) is 0 Å². The van der Waals surface area contributed by atoms with Crippen molar-refractivity contribution < 1.29 is 46.6 Å². The van der Waals surface area contributed by atoms with Crippen molar-refractivity contribution in [3.05, 3.63) is 119 Å². The standard InChI is InChI=1S/C37H35F3N2O7/c1-5-48-36(46)30(27-11-8-9-13-32(27)47-4)22-49-33(43)21-23-14-19-31(29(20-23)35(45)42(2)3)41-34(44)28-12-7-6-10-26(28)24-15-17-25(18-16-24)37(38,39)40/h6-20,30H,5,21-22H2,1-4H3,(H,41,44). The van der Waals surface area contributed by atoms with E-state index >= 15 is 0 Å². The number of nitrogens with zero attached hydrogens (tertiary/aromatic N) is 1. The average molecular weight is 677 g/mol. The van der Waals surface area contributed by atoms with Crippen LogP contribution in [-0.4, -0.2) is 63.1 Å². The van der Waals surface area contributed by atoms with Crippen molar-refractivity contribution in [2.24, 2.45) is 0 Å². The topological polar surface area (TPSA) is 111 Å². The highest BCUT2D eigenvalue weighted by atomic mass is 19.4. The first kappa shape index (κ1) is 36.2. The molecule has 1 N–H and O–H groups in total. The van der Waals surface area contributed by atoms with Gasteiger partial charge in [0.15, 0.2) is 0 Å². The summed E-state index contributed by atoms with van der Waals surface area (Å²) in [5.74, 6) is -2.82. The van der Waals surface area contributed by atoms with Crippen molar-refractivity contribution in [1.29, 1.82) is 0 Å². The van der Waals surface area contributed by atoms with Crippen LogP contribution in [-0.2, 0) is 31.7 Å². The lowest BCUT2D eigenvalue weighted by atomic mass is 9.97. The summed E-state index contributed by atoms with van der Waals surface area (Å²) in [7, 11) is 4.52. The number of rotatable bonds is 12. The fourth-order valence-electron chi connectivity index (χ4n) is 5.07. The number of nitrogens with one attached hydrogen (secondary N) is 1. The number of hydrogen-bond donors (Lipinski definition) is 1. The molecule has 12 heteroatoms. The maximum absolute atomic E-state index is 13.5. The van der Waals surface area contributed by atoms with E-state index in [1.165, 1.54) is 56.4 Å². The first-order valence-corrected chi connectivity index (χ1v) is 15.2. The maximum Gasteiger partial charge on any atom is 0.416 e. The van der Waals surface area contributed by atoms with Crippen LogP contribution in [0.3, 0.4) is 0 Å². The third-order valence-corrected chi connectivity index (χ3v) is 7.51. The van der Waals surface area contributed by atoms with E-state index in [0.717, 1.165) is 12.1 Å². The summed E-state index contributed by atoms with van der Waals surface area (Å²) in [6, 6.07) is 22.2. The summed E-state index contributed by atoms with van der Waals surface area (Å²) in [6.07, 6.45) is -4.75. The van der Waals surface area contributed by atoms with Crippen LogP contribution in [0.5, 0.6) is 5.75 Å². The zero-order valence-corrected chi connectivity index (χ0v) is 27.3. The number of hydrogen-bond acceptors (Lipinski definition) is 7. The molecule has 0 aromatic heterocycles. The van der Waals surface area contributed by atoms with Crippen molar-refractivity contribution in [2.45, 2.75) is 25.4 Å². The van der Waals surface area contributed by atoms with Gasteiger partial charge in [-0.3, -0.25) is 19.2 Å². The third-order valence-electron chi connectivity index (χ3n) is 7.51. The number of carbonyl (C=O) groups is 4. The van der Waals surface area contributed by atoms with Crippen molar-refractivity contribution >= 4 is 29.4 Å². The normalized spacial score (nSPS) is 11.7. The molecule has 0 bridgehead atoms. The van der Waals surface area contributed by atoms with Crippen LogP contribution in [0.1, 0.15) is 50.2 Å². The highest BCUT2D eigenvalue weighted by molar-refractivity contribution is 6.11. The average Bonchev–Trinajstić information content (AvgIpc) is 3.08. The molecular formula is C37H35F3N2O7. The Labute approximate surface area is 281 Å². The van der Waals surface area contributed by atoms with E-state index in [2.05, 4.69) is 5.32 Å². The fraction of sp³-hybridized carbons (Fsp3) is 0.243. The van der Waals surface area contributed by atoms with E-state index in [9.17, 15) is 32.3 Å². The van der Waals surface area contributed by atoms with Gasteiger partial charge >= 0.3 is 18.1 Å². The van der Waals surface area contributed by atoms with Gasteiger partial charge in [0.05, 0.1) is 37.0 Å². The minimum atomic E-state index is -4.50. The van der Waals surface area contributed by atoms with Gasteiger partial charge in [-0.05, 0) is 60.0 Å². The van der Waals surface area contributed by atoms with Crippen LogP contribution in [0.25, 0.3) is 11.1 Å². The molecule has 0 aliphatic heterocycles. The number of alkyl halides is 3. The molecular weight excluding hydrogens is 641 g/mol. The van der Waals surface area contributed by atoms with Crippen LogP contribution in [0.15, 0.2) is 91.0 Å². The third kappa shape index (κ3) is 9.04. The predicted molar refractivity (Wildman–Crippen MR) is 176 cm³/mol. The number of anilines is 1. The van der Waals surface area contributed by atoms with Crippen molar-refractivity contribution in [1.82, 2.24) is 4.90 Å². The summed E-state index contributed by atoms with van der Waals surface area (Å²) in [4.78, 5) is 53.7. The van der Waals surface area contributed by atoms with E-state index in [4.69, 9.17) is 14.2 Å². The highest BCUT2D eigenvalue weighted by Gasteiger charge is 2.30. The molecule has 49 heavy (non-hydrogen) atoms. The molecule has 0 fully saturated rings. The van der Waals surface area contributed by atoms with Gasteiger partial charge in [0.1, 0.15) is 18.3 Å². The zero-order valence-electron chi connectivity index (χ0n) is 27.3. The molecule has 0 saturated heterocycles. The Kier molecular flexibility index (Phi) is 11.8. The van der Waals surface area contributed by atoms with Crippen LogP contribution in [0.4, 0.5) is 18.9 Å². The Balaban J connectivity index is 1.54. The Bertz CT molecular complexity index is 1820. The Morgan fingerprint density at radius 2 is 1.51 bits per heavy atom. The van der Waals surface area contributed by atoms with Gasteiger partial charge in [-0.2, -0.15) is 13.2 Å². The summed E-state index contributed by atoms with van der Waals surface area (Å²) in [5, 5.41) is 2.74. The first-order chi connectivity index (χ1) is 23.3. The minimum absolute atomic E-state index is 0.0917. The summed E-state index contributed by atoms with van der Waals surface area (Å²) >= 11 is 0. The maximum atomic E-state index is 13.5. The lowest BCUT2D eigenvalue weighted by molar-refractivity contribution is -0.150. The molecule has 4 aromatic carbocycles. The molecule has 2 amide bonds.